The van der Waals surface area contributed by atoms with Crippen molar-refractivity contribution >= 4 is 21.7 Å². The number of hydrogen-bond donors (Lipinski definition) is 2. The van der Waals surface area contributed by atoms with Crippen molar-refractivity contribution in [2.75, 3.05) is 19.8 Å². The number of hydrogen-bond acceptors (Lipinski definition) is 6. The van der Waals surface area contributed by atoms with Gasteiger partial charge in [0, 0.05) is 12.6 Å². The Morgan fingerprint density at radius 2 is 2.14 bits per heavy atom. The Labute approximate surface area is 118 Å². The van der Waals surface area contributed by atoms with Crippen molar-refractivity contribution in [3.8, 4) is 0 Å². The number of nitrogens with zero attached hydrogens (tertiary/aromatic N) is 1. The van der Waals surface area contributed by atoms with Crippen molar-refractivity contribution in [2.45, 2.75) is 4.90 Å². The number of nitro groups is 1. The third-order valence-corrected chi connectivity index (χ3v) is 3.65. The molecule has 0 aromatic heterocycles. The molecule has 0 unspecified atom stereocenters. The number of benzene rings is 1. The maximum Gasteiger partial charge on any atom is 0.329 e. The third-order valence-electron chi connectivity index (χ3n) is 2.19. The molecule has 1 aromatic rings. The lowest BCUT2D eigenvalue weighted by Gasteiger charge is -2.07. The standard InChI is InChI=1S/C10H11FN2O7S/c11-8-2-1-7(5-9(8)13(16)17)21(18,19)12-3-4-20-6-10(14)15/h1-2,5,12H,3-4,6H2,(H,14,15). The monoisotopic (exact) mass is 322 g/mol. The fourth-order valence-electron chi connectivity index (χ4n) is 1.29. The molecule has 11 heteroatoms. The zero-order valence-electron chi connectivity index (χ0n) is 10.5. The summed E-state index contributed by atoms with van der Waals surface area (Å²) in [4.78, 5) is 19.2. The summed E-state index contributed by atoms with van der Waals surface area (Å²) in [6.45, 7) is -1.01. The molecule has 0 saturated heterocycles. The van der Waals surface area contributed by atoms with Gasteiger partial charge in [0.15, 0.2) is 0 Å². The van der Waals surface area contributed by atoms with E-state index < -0.39 is 43.9 Å². The molecule has 0 saturated carbocycles. The van der Waals surface area contributed by atoms with Crippen LogP contribution in [0.3, 0.4) is 0 Å². The third kappa shape index (κ3) is 5.06. The molecule has 0 atom stereocenters. The van der Waals surface area contributed by atoms with E-state index in [2.05, 4.69) is 4.74 Å². The van der Waals surface area contributed by atoms with E-state index in [1.54, 1.807) is 0 Å². The van der Waals surface area contributed by atoms with Gasteiger partial charge >= 0.3 is 11.7 Å². The Balaban J connectivity index is 2.72. The van der Waals surface area contributed by atoms with Crippen LogP contribution in [0.2, 0.25) is 0 Å². The van der Waals surface area contributed by atoms with Crippen molar-refractivity contribution in [3.63, 3.8) is 0 Å². The van der Waals surface area contributed by atoms with Gasteiger partial charge in [-0.2, -0.15) is 4.39 Å². The molecule has 21 heavy (non-hydrogen) atoms. The summed E-state index contributed by atoms with van der Waals surface area (Å²) in [5, 5.41) is 18.8. The van der Waals surface area contributed by atoms with E-state index in [-0.39, 0.29) is 13.2 Å². The van der Waals surface area contributed by atoms with Crippen LogP contribution in [0.5, 0.6) is 0 Å². The molecule has 0 amide bonds. The van der Waals surface area contributed by atoms with Crippen molar-refractivity contribution in [1.82, 2.24) is 4.72 Å². The molecule has 0 bridgehead atoms. The quantitative estimate of drug-likeness (QED) is 0.394. The van der Waals surface area contributed by atoms with E-state index in [4.69, 9.17) is 5.11 Å². The van der Waals surface area contributed by atoms with Gasteiger partial charge in [-0.3, -0.25) is 10.1 Å². The number of nitro benzene ring substituents is 1. The lowest BCUT2D eigenvalue weighted by Crippen LogP contribution is -2.28. The van der Waals surface area contributed by atoms with Gasteiger partial charge in [0.2, 0.25) is 15.8 Å². The Bertz CT molecular complexity index is 647. The van der Waals surface area contributed by atoms with E-state index >= 15 is 0 Å². The topological polar surface area (TPSA) is 136 Å². The maximum atomic E-state index is 13.1. The Hall–Kier alpha value is -2.11. The highest BCUT2D eigenvalue weighted by Gasteiger charge is 2.21. The van der Waals surface area contributed by atoms with Gasteiger partial charge in [0.1, 0.15) is 6.61 Å². The minimum atomic E-state index is -4.08. The van der Waals surface area contributed by atoms with Gasteiger partial charge < -0.3 is 9.84 Å². The maximum absolute atomic E-state index is 13.1. The molecule has 0 fully saturated rings. The minimum absolute atomic E-state index is 0.200. The second kappa shape index (κ2) is 7.06. The van der Waals surface area contributed by atoms with Crippen LogP contribution in [0.25, 0.3) is 0 Å². The van der Waals surface area contributed by atoms with E-state index in [9.17, 15) is 27.7 Å². The number of carboxylic acids is 1. The molecule has 0 aliphatic heterocycles. The molecule has 1 rings (SSSR count). The second-order valence-corrected chi connectivity index (χ2v) is 5.48. The summed E-state index contributed by atoms with van der Waals surface area (Å²) in [6.07, 6.45) is 0. The SMILES string of the molecule is O=C(O)COCCNS(=O)(=O)c1ccc(F)c([N+](=O)[O-])c1. The number of carbonyl (C=O) groups is 1. The van der Waals surface area contributed by atoms with Crippen LogP contribution in [0, 0.1) is 15.9 Å². The van der Waals surface area contributed by atoms with Gasteiger partial charge in [-0.1, -0.05) is 0 Å². The largest absolute Gasteiger partial charge is 0.480 e. The van der Waals surface area contributed by atoms with E-state index in [0.29, 0.717) is 12.1 Å². The minimum Gasteiger partial charge on any atom is -0.480 e. The average Bonchev–Trinajstić information content (AvgIpc) is 2.37. The summed E-state index contributed by atoms with van der Waals surface area (Å²) < 4.78 is 43.3. The number of carboxylic acid groups (broad SMARTS) is 1. The van der Waals surface area contributed by atoms with Crippen LogP contribution in [0.15, 0.2) is 23.1 Å². The number of halogens is 1. The highest BCUT2D eigenvalue weighted by atomic mass is 32.2. The Morgan fingerprint density at radius 1 is 1.48 bits per heavy atom. The molecular formula is C10H11FN2O7S. The molecule has 0 heterocycles. The van der Waals surface area contributed by atoms with Crippen LogP contribution >= 0.6 is 0 Å². The first-order chi connectivity index (χ1) is 9.74. The molecule has 0 radical (unpaired) electrons. The first-order valence-electron chi connectivity index (χ1n) is 5.47. The number of rotatable bonds is 8. The van der Waals surface area contributed by atoms with Crippen molar-refractivity contribution in [1.29, 1.82) is 0 Å². The first-order valence-corrected chi connectivity index (χ1v) is 6.95. The molecule has 0 aliphatic carbocycles. The van der Waals surface area contributed by atoms with Crippen molar-refractivity contribution in [2.24, 2.45) is 0 Å². The smallest absolute Gasteiger partial charge is 0.329 e. The first kappa shape index (κ1) is 16.9. The molecule has 2 N–H and O–H groups in total. The number of ether oxygens (including phenoxy) is 1. The zero-order chi connectivity index (χ0) is 16.0. The van der Waals surface area contributed by atoms with E-state index in [0.717, 1.165) is 6.07 Å². The highest BCUT2D eigenvalue weighted by Crippen LogP contribution is 2.21. The molecule has 9 nitrogen and oxygen atoms in total. The van der Waals surface area contributed by atoms with Gasteiger partial charge in [0.05, 0.1) is 16.4 Å². The summed E-state index contributed by atoms with van der Waals surface area (Å²) in [7, 11) is -4.08. The summed E-state index contributed by atoms with van der Waals surface area (Å²) in [5.41, 5.74) is -0.958. The predicted molar refractivity (Wildman–Crippen MR) is 66.7 cm³/mol. The molecular weight excluding hydrogens is 311 g/mol. The normalized spacial score (nSPS) is 11.3. The lowest BCUT2D eigenvalue weighted by molar-refractivity contribution is -0.387. The fourth-order valence-corrected chi connectivity index (χ4v) is 2.32. The van der Waals surface area contributed by atoms with Gasteiger partial charge in [0.25, 0.3) is 0 Å². The summed E-state index contributed by atoms with van der Waals surface area (Å²) in [6, 6.07) is 2.15. The van der Waals surface area contributed by atoms with E-state index in [1.807, 2.05) is 4.72 Å². The fraction of sp³-hybridized carbons (Fsp3) is 0.300. The van der Waals surface area contributed by atoms with Crippen molar-refractivity contribution < 1.29 is 32.4 Å². The molecule has 1 aromatic carbocycles. The van der Waals surface area contributed by atoms with Gasteiger partial charge in [-0.25, -0.2) is 17.9 Å². The summed E-state index contributed by atoms with van der Waals surface area (Å²) >= 11 is 0. The van der Waals surface area contributed by atoms with Crippen LogP contribution < -0.4 is 4.72 Å². The summed E-state index contributed by atoms with van der Waals surface area (Å²) in [5.74, 6) is -2.35. The van der Waals surface area contributed by atoms with E-state index in [1.165, 1.54) is 0 Å². The van der Waals surface area contributed by atoms with Crippen LogP contribution in [0.4, 0.5) is 10.1 Å². The molecule has 0 aliphatic rings. The molecule has 116 valence electrons. The van der Waals surface area contributed by atoms with Crippen LogP contribution in [-0.2, 0) is 19.6 Å². The Morgan fingerprint density at radius 3 is 2.71 bits per heavy atom. The Kier molecular flexibility index (Phi) is 5.69. The lowest BCUT2D eigenvalue weighted by atomic mass is 10.3. The predicted octanol–water partition coefficient (Wildman–Crippen LogP) is 0.113. The van der Waals surface area contributed by atoms with Crippen LogP contribution in [-0.4, -0.2) is 44.2 Å². The van der Waals surface area contributed by atoms with Gasteiger partial charge in [-0.05, 0) is 12.1 Å². The highest BCUT2D eigenvalue weighted by molar-refractivity contribution is 7.89. The molecule has 0 spiro atoms. The second-order valence-electron chi connectivity index (χ2n) is 3.71. The van der Waals surface area contributed by atoms with Crippen molar-refractivity contribution in [3.05, 3.63) is 34.1 Å². The number of nitrogens with one attached hydrogen (secondary N) is 1. The average molecular weight is 322 g/mol. The number of aliphatic carboxylic acids is 1. The van der Waals surface area contributed by atoms with Gasteiger partial charge in [-0.15, -0.1) is 0 Å². The zero-order valence-corrected chi connectivity index (χ0v) is 11.3. The number of sulfonamides is 1. The van der Waals surface area contributed by atoms with Crippen LogP contribution in [0.1, 0.15) is 0 Å².